The summed E-state index contributed by atoms with van der Waals surface area (Å²) in [5.74, 6) is 1.64. The Labute approximate surface area is 195 Å². The molecule has 1 unspecified atom stereocenters. The second kappa shape index (κ2) is 9.25. The van der Waals surface area contributed by atoms with E-state index in [0.29, 0.717) is 47.9 Å². The van der Waals surface area contributed by atoms with E-state index in [0.717, 1.165) is 25.8 Å². The number of fused-ring (bicyclic) bond motifs is 1. The minimum atomic E-state index is -3.81. The monoisotopic (exact) mass is 470 g/mol. The first-order valence-corrected chi connectivity index (χ1v) is 13.3. The van der Waals surface area contributed by atoms with Crippen LogP contribution in [-0.2, 0) is 10.0 Å². The quantitative estimate of drug-likeness (QED) is 0.698. The second-order valence-electron chi connectivity index (χ2n) is 9.09. The van der Waals surface area contributed by atoms with E-state index in [1.807, 2.05) is 4.90 Å². The van der Waals surface area contributed by atoms with Gasteiger partial charge in [-0.05, 0) is 68.0 Å². The highest BCUT2D eigenvalue weighted by molar-refractivity contribution is 7.92. The molecule has 0 bridgehead atoms. The molecule has 3 aliphatic rings. The molecule has 176 valence electrons. The molecule has 5 rings (SSSR count). The highest BCUT2D eigenvalue weighted by Crippen LogP contribution is 2.36. The number of hydrogen-bond donors (Lipinski definition) is 1. The van der Waals surface area contributed by atoms with E-state index < -0.39 is 10.0 Å². The summed E-state index contributed by atoms with van der Waals surface area (Å²) in [4.78, 5) is 15.3. The molecule has 2 aromatic rings. The summed E-state index contributed by atoms with van der Waals surface area (Å²) in [6.45, 7) is 1.83. The fraction of sp³-hybridized carbons (Fsp3) is 0.480. The van der Waals surface area contributed by atoms with E-state index in [-0.39, 0.29) is 10.8 Å². The molecule has 1 atom stereocenters. The topological polar surface area (TPSA) is 84.9 Å². The maximum atomic E-state index is 13.2. The van der Waals surface area contributed by atoms with Crippen molar-refractivity contribution in [1.29, 1.82) is 0 Å². The zero-order chi connectivity index (χ0) is 22.8. The Hall–Kier alpha value is -2.74. The van der Waals surface area contributed by atoms with E-state index in [4.69, 9.17) is 9.47 Å². The van der Waals surface area contributed by atoms with Gasteiger partial charge in [-0.15, -0.1) is 0 Å². The van der Waals surface area contributed by atoms with Crippen molar-refractivity contribution in [1.82, 2.24) is 4.90 Å². The minimum absolute atomic E-state index is 0.0432. The van der Waals surface area contributed by atoms with Crippen molar-refractivity contribution in [2.24, 2.45) is 5.92 Å². The van der Waals surface area contributed by atoms with Gasteiger partial charge in [0.05, 0.1) is 18.1 Å². The summed E-state index contributed by atoms with van der Waals surface area (Å²) in [5.41, 5.74) is 1.01. The normalized spacial score (nSPS) is 21.1. The molecule has 1 saturated carbocycles. The van der Waals surface area contributed by atoms with E-state index in [9.17, 15) is 13.2 Å². The first kappa shape index (κ1) is 22.1. The molecule has 0 spiro atoms. The molecule has 7 nitrogen and oxygen atoms in total. The van der Waals surface area contributed by atoms with E-state index in [2.05, 4.69) is 4.72 Å². The van der Waals surface area contributed by atoms with Gasteiger partial charge in [-0.25, -0.2) is 8.42 Å². The van der Waals surface area contributed by atoms with Crippen molar-refractivity contribution in [3.05, 3.63) is 48.0 Å². The Morgan fingerprint density at radius 2 is 1.61 bits per heavy atom. The molecule has 0 aromatic heterocycles. The first-order valence-electron chi connectivity index (χ1n) is 11.8. The van der Waals surface area contributed by atoms with Gasteiger partial charge in [0.25, 0.3) is 15.9 Å². The van der Waals surface area contributed by atoms with E-state index in [1.54, 1.807) is 30.3 Å². The third kappa shape index (κ3) is 4.67. The Morgan fingerprint density at radius 1 is 0.879 bits per heavy atom. The van der Waals surface area contributed by atoms with Crippen molar-refractivity contribution < 1.29 is 22.7 Å². The van der Waals surface area contributed by atoms with Gasteiger partial charge in [-0.2, -0.15) is 0 Å². The van der Waals surface area contributed by atoms with Gasteiger partial charge < -0.3 is 14.4 Å². The Balaban J connectivity index is 1.28. The van der Waals surface area contributed by atoms with Crippen LogP contribution in [0.4, 0.5) is 5.69 Å². The number of sulfonamides is 1. The summed E-state index contributed by atoms with van der Waals surface area (Å²) in [7, 11) is -3.81. The average Bonchev–Trinajstić information content (AvgIpc) is 3.46. The molecular formula is C25H30N2O5S. The van der Waals surface area contributed by atoms with Crippen LogP contribution in [-0.4, -0.2) is 45.0 Å². The zero-order valence-electron chi connectivity index (χ0n) is 18.7. The molecule has 1 N–H and O–H groups in total. The van der Waals surface area contributed by atoms with Crippen LogP contribution in [0.2, 0.25) is 0 Å². The van der Waals surface area contributed by atoms with Gasteiger partial charge in [-0.1, -0.05) is 12.8 Å². The van der Waals surface area contributed by atoms with Gasteiger partial charge in [-0.3, -0.25) is 9.52 Å². The van der Waals surface area contributed by atoms with Crippen LogP contribution in [0.5, 0.6) is 11.5 Å². The Morgan fingerprint density at radius 3 is 2.36 bits per heavy atom. The number of anilines is 1. The van der Waals surface area contributed by atoms with Crippen LogP contribution in [0.25, 0.3) is 0 Å². The molecular weight excluding hydrogens is 440 g/mol. The Bertz CT molecular complexity index is 1110. The van der Waals surface area contributed by atoms with E-state index >= 15 is 0 Å². The lowest BCUT2D eigenvalue weighted by molar-refractivity contribution is 0.0689. The van der Waals surface area contributed by atoms with Crippen LogP contribution in [0.3, 0.4) is 0 Å². The second-order valence-corrected chi connectivity index (χ2v) is 10.8. The van der Waals surface area contributed by atoms with Gasteiger partial charge in [0.1, 0.15) is 0 Å². The molecule has 1 aliphatic carbocycles. The standard InChI is InChI=1S/C25H30N2O5S/c28-25(27-14-3-7-22(27)18-5-1-2-6-18)19-8-10-20(11-9-19)26-33(29,30)21-12-13-23-24(17-21)32-16-4-15-31-23/h8-13,17-18,22,26H,1-7,14-16H2. The summed E-state index contributed by atoms with van der Waals surface area (Å²) >= 11 is 0. The average molecular weight is 471 g/mol. The minimum Gasteiger partial charge on any atom is -0.490 e. The van der Waals surface area contributed by atoms with Gasteiger partial charge in [0.15, 0.2) is 11.5 Å². The molecule has 2 fully saturated rings. The third-order valence-electron chi connectivity index (χ3n) is 6.92. The number of ether oxygens (including phenoxy) is 2. The number of nitrogens with one attached hydrogen (secondary N) is 1. The molecule has 2 heterocycles. The SMILES string of the molecule is O=C(c1ccc(NS(=O)(=O)c2ccc3c(c2)OCCCO3)cc1)N1CCCC1C1CCCC1. The molecule has 8 heteroatoms. The predicted octanol–water partition coefficient (Wildman–Crippen LogP) is 4.44. The number of rotatable bonds is 5. The maximum Gasteiger partial charge on any atom is 0.262 e. The van der Waals surface area contributed by atoms with Gasteiger partial charge in [0.2, 0.25) is 0 Å². The third-order valence-corrected chi connectivity index (χ3v) is 8.30. The number of carbonyl (C=O) groups excluding carboxylic acids is 1. The van der Waals surface area contributed by atoms with Crippen molar-refractivity contribution in [2.75, 3.05) is 24.5 Å². The van der Waals surface area contributed by atoms with Crippen molar-refractivity contribution in [3.63, 3.8) is 0 Å². The molecule has 2 aromatic carbocycles. The van der Waals surface area contributed by atoms with Gasteiger partial charge in [0, 0.05) is 36.3 Å². The fourth-order valence-corrected chi connectivity index (χ4v) is 6.32. The maximum absolute atomic E-state index is 13.2. The fourth-order valence-electron chi connectivity index (χ4n) is 5.25. The smallest absolute Gasteiger partial charge is 0.262 e. The molecule has 0 radical (unpaired) electrons. The lowest BCUT2D eigenvalue weighted by Crippen LogP contribution is -2.39. The number of amides is 1. The molecule has 1 amide bonds. The van der Waals surface area contributed by atoms with Crippen LogP contribution < -0.4 is 14.2 Å². The van der Waals surface area contributed by atoms with E-state index in [1.165, 1.54) is 37.8 Å². The summed E-state index contributed by atoms with van der Waals surface area (Å²) in [5, 5.41) is 0. The van der Waals surface area contributed by atoms with Crippen molar-refractivity contribution >= 4 is 21.6 Å². The van der Waals surface area contributed by atoms with Crippen LogP contribution >= 0.6 is 0 Å². The number of likely N-dealkylation sites (tertiary alicyclic amines) is 1. The number of nitrogens with zero attached hydrogens (tertiary/aromatic N) is 1. The van der Waals surface area contributed by atoms with Crippen molar-refractivity contribution in [2.45, 2.75) is 55.9 Å². The highest BCUT2D eigenvalue weighted by atomic mass is 32.2. The zero-order valence-corrected chi connectivity index (χ0v) is 19.5. The number of benzene rings is 2. The number of hydrogen-bond acceptors (Lipinski definition) is 5. The Kier molecular flexibility index (Phi) is 6.19. The largest absolute Gasteiger partial charge is 0.490 e. The summed E-state index contributed by atoms with van der Waals surface area (Å²) in [6.07, 6.45) is 7.86. The summed E-state index contributed by atoms with van der Waals surface area (Å²) in [6, 6.07) is 11.7. The predicted molar refractivity (Wildman–Crippen MR) is 125 cm³/mol. The van der Waals surface area contributed by atoms with Crippen molar-refractivity contribution in [3.8, 4) is 11.5 Å². The summed E-state index contributed by atoms with van der Waals surface area (Å²) < 4.78 is 39.6. The number of carbonyl (C=O) groups is 1. The molecule has 33 heavy (non-hydrogen) atoms. The first-order chi connectivity index (χ1) is 16.0. The molecule has 2 aliphatic heterocycles. The van der Waals surface area contributed by atoms with Crippen LogP contribution in [0.15, 0.2) is 47.4 Å². The van der Waals surface area contributed by atoms with Crippen LogP contribution in [0, 0.1) is 5.92 Å². The van der Waals surface area contributed by atoms with Gasteiger partial charge >= 0.3 is 0 Å². The lowest BCUT2D eigenvalue weighted by Gasteiger charge is -2.29. The highest BCUT2D eigenvalue weighted by Gasteiger charge is 2.36. The molecule has 1 saturated heterocycles. The van der Waals surface area contributed by atoms with Crippen LogP contribution in [0.1, 0.15) is 55.3 Å². The lowest BCUT2D eigenvalue weighted by atomic mass is 9.95.